The number of carbonyl (C=O) groups excluding carboxylic acids is 1. The van der Waals surface area contributed by atoms with Gasteiger partial charge in [-0.1, -0.05) is 12.8 Å². The molecule has 1 amide bonds. The molecule has 1 heterocycles. The van der Waals surface area contributed by atoms with Crippen molar-refractivity contribution >= 4 is 35.8 Å². The van der Waals surface area contributed by atoms with Gasteiger partial charge in [-0.3, -0.25) is 4.79 Å². The molecule has 172 valence electrons. The zero-order valence-corrected chi connectivity index (χ0v) is 21.4. The van der Waals surface area contributed by atoms with Gasteiger partial charge in [-0.15, -0.1) is 34.2 Å². The normalized spacial score (nSPS) is 15.6. The number of aliphatic imine (C=N–C) groups is 1. The van der Waals surface area contributed by atoms with Gasteiger partial charge in [-0.2, -0.15) is 0 Å². The summed E-state index contributed by atoms with van der Waals surface area (Å²) < 4.78 is 7.34. The molecule has 0 aliphatic heterocycles. The maximum Gasteiger partial charge on any atom is 0.230 e. The molecule has 10 heteroatoms. The van der Waals surface area contributed by atoms with Gasteiger partial charge in [0.25, 0.3) is 0 Å². The number of aromatic nitrogens is 3. The van der Waals surface area contributed by atoms with Crippen molar-refractivity contribution in [1.29, 1.82) is 0 Å². The van der Waals surface area contributed by atoms with Gasteiger partial charge in [-0.05, 0) is 33.1 Å². The minimum atomic E-state index is -0.349. The van der Waals surface area contributed by atoms with Crippen LogP contribution in [-0.2, 0) is 23.1 Å². The smallest absolute Gasteiger partial charge is 0.230 e. The minimum Gasteiger partial charge on any atom is -0.382 e. The van der Waals surface area contributed by atoms with E-state index in [1.807, 2.05) is 39.6 Å². The van der Waals surface area contributed by atoms with Gasteiger partial charge < -0.3 is 24.8 Å². The van der Waals surface area contributed by atoms with E-state index in [1.165, 1.54) is 0 Å². The number of nitrogens with one attached hydrogen (secondary N) is 2. The highest BCUT2D eigenvalue weighted by Crippen LogP contribution is 2.38. The monoisotopic (exact) mass is 535 g/mol. The summed E-state index contributed by atoms with van der Waals surface area (Å²) in [6.07, 6.45) is 4.90. The maximum atomic E-state index is 12.8. The molecule has 0 atom stereocenters. The third-order valence-corrected chi connectivity index (χ3v) is 5.54. The molecule has 2 N–H and O–H groups in total. The molecule has 1 fully saturated rings. The largest absolute Gasteiger partial charge is 0.382 e. The lowest BCUT2D eigenvalue weighted by Gasteiger charge is -2.31. The summed E-state index contributed by atoms with van der Waals surface area (Å²) in [4.78, 5) is 19.2. The second-order valence-corrected chi connectivity index (χ2v) is 7.91. The van der Waals surface area contributed by atoms with E-state index in [4.69, 9.17) is 4.74 Å². The number of rotatable bonds is 10. The highest BCUT2D eigenvalue weighted by Gasteiger charge is 2.42. The van der Waals surface area contributed by atoms with Crippen LogP contribution in [0.3, 0.4) is 0 Å². The zero-order chi connectivity index (χ0) is 21.3. The summed E-state index contributed by atoms with van der Waals surface area (Å²) >= 11 is 0. The fraction of sp³-hybridized carbons (Fsp3) is 0.800. The van der Waals surface area contributed by atoms with Crippen LogP contribution in [0, 0.1) is 12.3 Å². The Labute approximate surface area is 197 Å². The first-order valence-corrected chi connectivity index (χ1v) is 10.6. The Balaban J connectivity index is 0.00000450. The number of ether oxygens (including phenoxy) is 1. The van der Waals surface area contributed by atoms with Crippen molar-refractivity contribution < 1.29 is 9.53 Å². The first-order chi connectivity index (χ1) is 13.9. The van der Waals surface area contributed by atoms with Gasteiger partial charge in [0, 0.05) is 47.4 Å². The van der Waals surface area contributed by atoms with Crippen LogP contribution in [0.2, 0.25) is 0 Å². The first-order valence-electron chi connectivity index (χ1n) is 10.6. The van der Waals surface area contributed by atoms with E-state index in [-0.39, 0.29) is 35.3 Å². The highest BCUT2D eigenvalue weighted by atomic mass is 127. The van der Waals surface area contributed by atoms with Crippen molar-refractivity contribution in [1.82, 2.24) is 30.3 Å². The van der Waals surface area contributed by atoms with Crippen molar-refractivity contribution in [3.8, 4) is 0 Å². The molecule has 1 saturated carbocycles. The van der Waals surface area contributed by atoms with E-state index < -0.39 is 0 Å². The number of hydrogen-bond donors (Lipinski definition) is 2. The number of guanidine groups is 1. The van der Waals surface area contributed by atoms with Crippen molar-refractivity contribution in [3.63, 3.8) is 0 Å². The topological polar surface area (TPSA) is 96.7 Å². The van der Waals surface area contributed by atoms with Crippen LogP contribution < -0.4 is 10.6 Å². The van der Waals surface area contributed by atoms with Crippen LogP contribution in [0.15, 0.2) is 4.99 Å². The molecule has 30 heavy (non-hydrogen) atoms. The van der Waals surface area contributed by atoms with Gasteiger partial charge in [-0.25, -0.2) is 4.99 Å². The summed E-state index contributed by atoms with van der Waals surface area (Å²) in [5.41, 5.74) is -0.349. The Bertz CT molecular complexity index is 685. The number of hydrogen-bond acceptors (Lipinski definition) is 5. The quantitative estimate of drug-likeness (QED) is 0.206. The number of halogens is 1. The second-order valence-electron chi connectivity index (χ2n) is 7.91. The third-order valence-electron chi connectivity index (χ3n) is 5.54. The van der Waals surface area contributed by atoms with Gasteiger partial charge in [0.2, 0.25) is 5.91 Å². The summed E-state index contributed by atoms with van der Waals surface area (Å²) in [5, 5.41) is 15.0. The minimum absolute atomic E-state index is 0. The molecule has 1 aliphatic carbocycles. The Hall–Kier alpha value is -1.43. The van der Waals surface area contributed by atoms with Crippen molar-refractivity contribution in [2.24, 2.45) is 17.5 Å². The lowest BCUT2D eigenvalue weighted by atomic mass is 9.84. The molecule has 1 aromatic rings. The van der Waals surface area contributed by atoms with Gasteiger partial charge in [0.1, 0.15) is 12.4 Å². The highest BCUT2D eigenvalue weighted by molar-refractivity contribution is 14.0. The van der Waals surface area contributed by atoms with Crippen molar-refractivity contribution in [2.75, 3.05) is 40.4 Å². The number of nitrogens with zero attached hydrogens (tertiary/aromatic N) is 5. The molecule has 2 rings (SSSR count). The lowest BCUT2D eigenvalue weighted by Crippen LogP contribution is -2.49. The second kappa shape index (κ2) is 13.1. The molecule has 1 aromatic heterocycles. The van der Waals surface area contributed by atoms with Crippen molar-refractivity contribution in [3.05, 3.63) is 11.6 Å². The Morgan fingerprint density at radius 2 is 1.97 bits per heavy atom. The summed E-state index contributed by atoms with van der Waals surface area (Å²) in [7, 11) is 5.60. The van der Waals surface area contributed by atoms with Crippen LogP contribution in [0.1, 0.15) is 50.7 Å². The molecule has 0 bridgehead atoms. The van der Waals surface area contributed by atoms with E-state index in [2.05, 4.69) is 25.8 Å². The van der Waals surface area contributed by atoms with Crippen LogP contribution in [0.25, 0.3) is 0 Å². The van der Waals surface area contributed by atoms with Gasteiger partial charge in [0.05, 0.1) is 5.41 Å². The Kier molecular flexibility index (Phi) is 11.6. The van der Waals surface area contributed by atoms with E-state index in [0.717, 1.165) is 56.9 Å². The number of carbonyl (C=O) groups is 1. The van der Waals surface area contributed by atoms with E-state index in [0.29, 0.717) is 25.7 Å². The molecule has 0 radical (unpaired) electrons. The van der Waals surface area contributed by atoms with Crippen molar-refractivity contribution in [2.45, 2.75) is 52.5 Å². The number of aryl methyl sites for hydroxylation is 1. The molecule has 0 unspecified atom stereocenters. The molecular weight excluding hydrogens is 497 g/mol. The standard InChI is InChI=1S/C20H37N7O2.HI/c1-6-29-13-9-12-21-19(22-14-17-25-24-16(2)27(17)5)23-15-20(10-7-8-11-20)18(28)26(3)4;/h6-15H2,1-5H3,(H2,21,22,23);1H. The first kappa shape index (κ1) is 26.6. The zero-order valence-electron chi connectivity index (χ0n) is 19.0. The summed E-state index contributed by atoms with van der Waals surface area (Å²) in [6.45, 7) is 7.10. The fourth-order valence-electron chi connectivity index (χ4n) is 3.68. The predicted octanol–water partition coefficient (Wildman–Crippen LogP) is 1.85. The Morgan fingerprint density at radius 1 is 1.27 bits per heavy atom. The average Bonchev–Trinajstić information content (AvgIpc) is 3.31. The van der Waals surface area contributed by atoms with Crippen LogP contribution in [0.5, 0.6) is 0 Å². The van der Waals surface area contributed by atoms with Crippen LogP contribution in [0.4, 0.5) is 0 Å². The molecule has 0 saturated heterocycles. The lowest BCUT2D eigenvalue weighted by molar-refractivity contribution is -0.138. The summed E-state index contributed by atoms with van der Waals surface area (Å²) in [5.74, 6) is 2.55. The van der Waals surface area contributed by atoms with Gasteiger partial charge in [0.15, 0.2) is 11.8 Å². The molecule has 1 aliphatic rings. The van der Waals surface area contributed by atoms with Gasteiger partial charge >= 0.3 is 0 Å². The number of amides is 1. The Morgan fingerprint density at radius 3 is 2.53 bits per heavy atom. The van der Waals surface area contributed by atoms with E-state index in [9.17, 15) is 4.79 Å². The average molecular weight is 535 g/mol. The molecular formula is C20H38IN7O2. The SMILES string of the molecule is CCOCCCNC(=NCc1nnc(C)n1C)NCC1(C(=O)N(C)C)CCCC1.I. The third kappa shape index (κ3) is 7.36. The maximum absolute atomic E-state index is 12.8. The molecule has 9 nitrogen and oxygen atoms in total. The van der Waals surface area contributed by atoms with E-state index >= 15 is 0 Å². The predicted molar refractivity (Wildman–Crippen MR) is 129 cm³/mol. The molecule has 0 aromatic carbocycles. The molecule has 0 spiro atoms. The summed E-state index contributed by atoms with van der Waals surface area (Å²) in [6, 6.07) is 0. The van der Waals surface area contributed by atoms with Crippen LogP contribution >= 0.6 is 24.0 Å². The fourth-order valence-corrected chi connectivity index (χ4v) is 3.68. The van der Waals surface area contributed by atoms with Crippen LogP contribution in [-0.4, -0.2) is 71.9 Å². The van der Waals surface area contributed by atoms with E-state index in [1.54, 1.807) is 4.90 Å².